The van der Waals surface area contributed by atoms with Crippen molar-refractivity contribution in [2.45, 2.75) is 19.8 Å². The number of carboxylic acids is 1. The second-order valence-corrected chi connectivity index (χ2v) is 4.94. The second-order valence-electron chi connectivity index (χ2n) is 4.94. The van der Waals surface area contributed by atoms with Crippen LogP contribution in [0.2, 0.25) is 0 Å². The SMILES string of the molecule is CCCC(CNC(=O)c1ccc2ncccc2c1)C(=O)O. The number of amides is 1. The van der Waals surface area contributed by atoms with Crippen LogP contribution in [-0.4, -0.2) is 28.5 Å². The Bertz CT molecular complexity index is 655. The Morgan fingerprint density at radius 1 is 1.33 bits per heavy atom. The van der Waals surface area contributed by atoms with Crippen LogP contribution in [0.3, 0.4) is 0 Å². The van der Waals surface area contributed by atoms with E-state index in [1.807, 2.05) is 19.1 Å². The topological polar surface area (TPSA) is 79.3 Å². The summed E-state index contributed by atoms with van der Waals surface area (Å²) < 4.78 is 0. The van der Waals surface area contributed by atoms with Gasteiger partial charge in [-0.05, 0) is 30.7 Å². The van der Waals surface area contributed by atoms with Gasteiger partial charge in [-0.1, -0.05) is 19.4 Å². The van der Waals surface area contributed by atoms with Crippen molar-refractivity contribution in [1.29, 1.82) is 0 Å². The van der Waals surface area contributed by atoms with Crippen molar-refractivity contribution in [1.82, 2.24) is 10.3 Å². The van der Waals surface area contributed by atoms with Crippen molar-refractivity contribution in [2.75, 3.05) is 6.54 Å². The number of hydrogen-bond acceptors (Lipinski definition) is 3. The number of aliphatic carboxylic acids is 1. The fraction of sp³-hybridized carbons (Fsp3) is 0.312. The molecule has 2 rings (SSSR count). The first-order chi connectivity index (χ1) is 10.1. The number of aromatic nitrogens is 1. The molecule has 1 aromatic carbocycles. The van der Waals surface area contributed by atoms with Crippen molar-refractivity contribution in [3.63, 3.8) is 0 Å². The Morgan fingerprint density at radius 3 is 2.86 bits per heavy atom. The first-order valence-electron chi connectivity index (χ1n) is 6.97. The van der Waals surface area contributed by atoms with Gasteiger partial charge in [0.05, 0.1) is 11.4 Å². The summed E-state index contributed by atoms with van der Waals surface area (Å²) in [5, 5.41) is 12.6. The van der Waals surface area contributed by atoms with E-state index in [9.17, 15) is 9.59 Å². The van der Waals surface area contributed by atoms with Crippen LogP contribution >= 0.6 is 0 Å². The maximum absolute atomic E-state index is 12.1. The van der Waals surface area contributed by atoms with Gasteiger partial charge in [-0.2, -0.15) is 0 Å². The van der Waals surface area contributed by atoms with Crippen molar-refractivity contribution in [2.24, 2.45) is 5.92 Å². The van der Waals surface area contributed by atoms with Crippen LogP contribution in [0.15, 0.2) is 36.5 Å². The van der Waals surface area contributed by atoms with Crippen LogP contribution < -0.4 is 5.32 Å². The van der Waals surface area contributed by atoms with E-state index in [1.165, 1.54) is 0 Å². The molecule has 0 bridgehead atoms. The third-order valence-electron chi connectivity index (χ3n) is 3.36. The van der Waals surface area contributed by atoms with E-state index in [-0.39, 0.29) is 12.5 Å². The van der Waals surface area contributed by atoms with E-state index in [4.69, 9.17) is 5.11 Å². The molecule has 5 heteroatoms. The highest BCUT2D eigenvalue weighted by molar-refractivity contribution is 5.98. The van der Waals surface area contributed by atoms with Gasteiger partial charge in [0.25, 0.3) is 5.91 Å². The van der Waals surface area contributed by atoms with Crippen LogP contribution in [0.25, 0.3) is 10.9 Å². The molecule has 0 aliphatic carbocycles. The molecular formula is C16H18N2O3. The van der Waals surface area contributed by atoms with Crippen molar-refractivity contribution in [3.8, 4) is 0 Å². The molecule has 0 aliphatic rings. The fourth-order valence-corrected chi connectivity index (χ4v) is 2.20. The Labute approximate surface area is 123 Å². The van der Waals surface area contributed by atoms with E-state index in [0.29, 0.717) is 12.0 Å². The van der Waals surface area contributed by atoms with E-state index >= 15 is 0 Å². The van der Waals surface area contributed by atoms with Gasteiger partial charge in [0.2, 0.25) is 0 Å². The molecule has 1 unspecified atom stereocenters. The van der Waals surface area contributed by atoms with Crippen LogP contribution in [0.5, 0.6) is 0 Å². The number of hydrogen-bond donors (Lipinski definition) is 2. The van der Waals surface area contributed by atoms with Gasteiger partial charge in [-0.15, -0.1) is 0 Å². The summed E-state index contributed by atoms with van der Waals surface area (Å²) in [7, 11) is 0. The Hall–Kier alpha value is -2.43. The van der Waals surface area contributed by atoms with Gasteiger partial charge in [-0.25, -0.2) is 0 Å². The maximum atomic E-state index is 12.1. The lowest BCUT2D eigenvalue weighted by Crippen LogP contribution is -2.32. The number of fused-ring (bicyclic) bond motifs is 1. The molecule has 0 spiro atoms. The Kier molecular flexibility index (Phi) is 4.87. The normalized spacial score (nSPS) is 12.0. The molecule has 1 heterocycles. The van der Waals surface area contributed by atoms with Crippen LogP contribution in [0.1, 0.15) is 30.1 Å². The van der Waals surface area contributed by atoms with Gasteiger partial charge in [-0.3, -0.25) is 14.6 Å². The van der Waals surface area contributed by atoms with Crippen molar-refractivity contribution in [3.05, 3.63) is 42.1 Å². The first-order valence-corrected chi connectivity index (χ1v) is 6.97. The van der Waals surface area contributed by atoms with Gasteiger partial charge in [0.1, 0.15) is 0 Å². The monoisotopic (exact) mass is 286 g/mol. The van der Waals surface area contributed by atoms with Crippen LogP contribution in [0.4, 0.5) is 0 Å². The molecule has 2 aromatic rings. The number of nitrogens with one attached hydrogen (secondary N) is 1. The highest BCUT2D eigenvalue weighted by Crippen LogP contribution is 2.13. The summed E-state index contributed by atoms with van der Waals surface area (Å²) in [4.78, 5) is 27.3. The minimum Gasteiger partial charge on any atom is -0.481 e. The molecular weight excluding hydrogens is 268 g/mol. The third kappa shape index (κ3) is 3.78. The smallest absolute Gasteiger partial charge is 0.308 e. The van der Waals surface area contributed by atoms with Crippen LogP contribution in [0, 0.1) is 5.92 Å². The first kappa shape index (κ1) is 15.0. The highest BCUT2D eigenvalue weighted by Gasteiger charge is 2.17. The van der Waals surface area contributed by atoms with E-state index in [0.717, 1.165) is 17.3 Å². The number of rotatable bonds is 6. The summed E-state index contributed by atoms with van der Waals surface area (Å²) in [6.45, 7) is 2.07. The predicted molar refractivity (Wildman–Crippen MR) is 80.1 cm³/mol. The third-order valence-corrected chi connectivity index (χ3v) is 3.36. The van der Waals surface area contributed by atoms with Crippen molar-refractivity contribution < 1.29 is 14.7 Å². The Balaban J connectivity index is 2.06. The lowest BCUT2D eigenvalue weighted by molar-refractivity contribution is -0.141. The van der Waals surface area contributed by atoms with E-state index < -0.39 is 11.9 Å². The van der Waals surface area contributed by atoms with Gasteiger partial charge >= 0.3 is 5.97 Å². The fourth-order valence-electron chi connectivity index (χ4n) is 2.20. The number of pyridine rings is 1. The van der Waals surface area contributed by atoms with E-state index in [2.05, 4.69) is 10.3 Å². The van der Waals surface area contributed by atoms with E-state index in [1.54, 1.807) is 24.4 Å². The van der Waals surface area contributed by atoms with Crippen LogP contribution in [-0.2, 0) is 4.79 Å². The average molecular weight is 286 g/mol. The molecule has 5 nitrogen and oxygen atoms in total. The van der Waals surface area contributed by atoms with Gasteiger partial charge in [0.15, 0.2) is 0 Å². The molecule has 0 radical (unpaired) electrons. The largest absolute Gasteiger partial charge is 0.481 e. The second kappa shape index (κ2) is 6.83. The molecule has 0 saturated heterocycles. The molecule has 0 fully saturated rings. The molecule has 1 amide bonds. The summed E-state index contributed by atoms with van der Waals surface area (Å²) in [6, 6.07) is 8.93. The van der Waals surface area contributed by atoms with Crippen molar-refractivity contribution >= 4 is 22.8 Å². The molecule has 2 N–H and O–H groups in total. The summed E-state index contributed by atoms with van der Waals surface area (Å²) >= 11 is 0. The Morgan fingerprint density at radius 2 is 2.14 bits per heavy atom. The molecule has 0 aliphatic heterocycles. The molecule has 21 heavy (non-hydrogen) atoms. The molecule has 1 atom stereocenters. The quantitative estimate of drug-likeness (QED) is 0.855. The predicted octanol–water partition coefficient (Wildman–Crippen LogP) is 2.47. The average Bonchev–Trinajstić information content (AvgIpc) is 2.50. The minimum atomic E-state index is -0.875. The zero-order valence-corrected chi connectivity index (χ0v) is 11.9. The number of carbonyl (C=O) groups excluding carboxylic acids is 1. The summed E-state index contributed by atoms with van der Waals surface area (Å²) in [5.74, 6) is -1.68. The molecule has 1 aromatic heterocycles. The minimum absolute atomic E-state index is 0.146. The summed E-state index contributed by atoms with van der Waals surface area (Å²) in [6.07, 6.45) is 3.02. The zero-order chi connectivity index (χ0) is 15.2. The van der Waals surface area contributed by atoms with Gasteiger partial charge < -0.3 is 10.4 Å². The zero-order valence-electron chi connectivity index (χ0n) is 11.9. The maximum Gasteiger partial charge on any atom is 0.308 e. The van der Waals surface area contributed by atoms with Gasteiger partial charge in [0, 0.05) is 23.7 Å². The number of carboxylic acid groups (broad SMARTS) is 1. The lowest BCUT2D eigenvalue weighted by Gasteiger charge is -2.12. The standard InChI is InChI=1S/C16H18N2O3/c1-2-4-13(16(20)21)10-18-15(19)12-6-7-14-11(9-12)5-3-8-17-14/h3,5-9,13H,2,4,10H2,1H3,(H,18,19)(H,20,21). The molecule has 110 valence electrons. The lowest BCUT2D eigenvalue weighted by atomic mass is 10.0. The highest BCUT2D eigenvalue weighted by atomic mass is 16.4. The summed E-state index contributed by atoms with van der Waals surface area (Å²) in [5.41, 5.74) is 1.33. The number of benzene rings is 1. The number of carbonyl (C=O) groups is 2. The molecule has 0 saturated carbocycles. The number of nitrogens with zero attached hydrogens (tertiary/aromatic N) is 1.